The summed E-state index contributed by atoms with van der Waals surface area (Å²) in [6.45, 7) is 10.2. The summed E-state index contributed by atoms with van der Waals surface area (Å²) in [5.74, 6) is 0. The maximum Gasteiger partial charge on any atom is 0.261 e. The van der Waals surface area contributed by atoms with Gasteiger partial charge in [0.15, 0.2) is 0 Å². The minimum atomic E-state index is -0.722. The number of benzene rings is 6. The molecule has 9 heterocycles. The van der Waals surface area contributed by atoms with Crippen LogP contribution in [-0.4, -0.2) is 117 Å². The molecule has 0 bridgehead atoms. The number of aliphatic hydroxyl groups is 3. The van der Waals surface area contributed by atoms with Crippen molar-refractivity contribution < 1.29 is 29.5 Å². The Morgan fingerprint density at radius 2 is 0.753 bits per heavy atom. The van der Waals surface area contributed by atoms with E-state index in [4.69, 9.17) is 14.2 Å². The van der Waals surface area contributed by atoms with Gasteiger partial charge in [-0.1, -0.05) is 111 Å². The summed E-state index contributed by atoms with van der Waals surface area (Å²) in [4.78, 5) is 67.8. The highest BCUT2D eigenvalue weighted by molar-refractivity contribution is 6.08. The van der Waals surface area contributed by atoms with Crippen molar-refractivity contribution in [3.05, 3.63) is 253 Å². The maximum atomic E-state index is 13.5. The topological polar surface area (TPSA) is 232 Å². The average molecular weight is 1240 g/mol. The summed E-state index contributed by atoms with van der Waals surface area (Å²) in [6.07, 6.45) is 15.5. The Kier molecular flexibility index (Phi) is 18.6. The molecule has 3 N–H and O–H groups in total. The van der Waals surface area contributed by atoms with E-state index in [0.29, 0.717) is 91.1 Å². The Morgan fingerprint density at radius 3 is 1.03 bits per heavy atom. The van der Waals surface area contributed by atoms with Gasteiger partial charge in [-0.3, -0.25) is 43.0 Å². The van der Waals surface area contributed by atoms with Crippen LogP contribution in [0.25, 0.3) is 71.1 Å². The summed E-state index contributed by atoms with van der Waals surface area (Å²) < 4.78 is 20.7. The fourth-order valence-corrected chi connectivity index (χ4v) is 13.3. The van der Waals surface area contributed by atoms with Crippen LogP contribution in [-0.2, 0) is 46.3 Å². The zero-order valence-corrected chi connectivity index (χ0v) is 52.1. The predicted molar refractivity (Wildman–Crippen MR) is 362 cm³/mol. The van der Waals surface area contributed by atoms with Crippen LogP contribution in [0, 0.1) is 0 Å². The van der Waals surface area contributed by atoms with Crippen molar-refractivity contribution in [2.45, 2.75) is 102 Å². The summed E-state index contributed by atoms with van der Waals surface area (Å²) in [7, 11) is 0. The van der Waals surface area contributed by atoms with Gasteiger partial charge in [-0.2, -0.15) is 0 Å². The lowest BCUT2D eigenvalue weighted by molar-refractivity contribution is -0.0395. The van der Waals surface area contributed by atoms with E-state index < -0.39 is 18.3 Å². The van der Waals surface area contributed by atoms with Crippen LogP contribution in [0.15, 0.2) is 186 Å². The Balaban J connectivity index is 0.000000127. The molecule has 0 spiro atoms. The molecule has 6 aromatic heterocycles. The molecule has 6 atom stereocenters. The molecule has 12 aromatic rings. The number of hydrogen-bond donors (Lipinski definition) is 3. The molecule has 3 saturated heterocycles. The molecule has 0 radical (unpaired) electrons. The number of rotatable bonds is 12. The van der Waals surface area contributed by atoms with Crippen molar-refractivity contribution in [3.8, 4) is 0 Å². The van der Waals surface area contributed by atoms with E-state index in [1.165, 1.54) is 0 Å². The Bertz CT molecular complexity index is 4700. The molecule has 93 heavy (non-hydrogen) atoms. The molecule has 472 valence electrons. The van der Waals surface area contributed by atoms with Crippen LogP contribution in [0.5, 0.6) is 0 Å². The molecule has 3 fully saturated rings. The molecule has 18 nitrogen and oxygen atoms in total. The van der Waals surface area contributed by atoms with Crippen LogP contribution >= 0.6 is 0 Å². The number of aromatic nitrogens is 9. The summed E-state index contributed by atoms with van der Waals surface area (Å²) in [6, 6.07) is 41.3. The normalized spacial score (nSPS) is 19.1. The van der Waals surface area contributed by atoms with Gasteiger partial charge in [0.25, 0.3) is 16.7 Å². The van der Waals surface area contributed by atoms with Crippen LogP contribution < -0.4 is 16.7 Å². The van der Waals surface area contributed by atoms with Crippen molar-refractivity contribution in [1.29, 1.82) is 0 Å². The second kappa shape index (κ2) is 27.7. The predicted octanol–water partition coefficient (Wildman–Crippen LogP) is 10.3. The molecular formula is C75H73N9O9. The highest BCUT2D eigenvalue weighted by atomic mass is 16.5. The number of hydrogen-bond acceptors (Lipinski definition) is 15. The molecular weight excluding hydrogens is 1170 g/mol. The molecule has 0 saturated carbocycles. The minimum absolute atomic E-state index is 0.123. The molecule has 6 aromatic carbocycles. The van der Waals surface area contributed by atoms with E-state index in [1.807, 2.05) is 104 Å². The summed E-state index contributed by atoms with van der Waals surface area (Å²) >= 11 is 0. The lowest BCUT2D eigenvalue weighted by Crippen LogP contribution is -2.39. The molecule has 18 heteroatoms. The second-order valence-electron chi connectivity index (χ2n) is 24.1. The number of ether oxygens (including phenoxy) is 3. The molecule has 0 amide bonds. The Labute approximate surface area is 536 Å². The third-order valence-electron chi connectivity index (χ3n) is 18.3. The lowest BCUT2D eigenvalue weighted by atomic mass is 9.96. The van der Waals surface area contributed by atoms with Gasteiger partial charge in [0.1, 0.15) is 0 Å². The zero-order chi connectivity index (χ0) is 64.1. The minimum Gasteiger partial charge on any atom is -0.389 e. The molecule has 0 unspecified atom stereocenters. The standard InChI is InChI=1S/2C25H25N3O3.C25H23N3O3/c3*1-2-18-8-7-16(13-26-18)11-17-12-21-24(20-6-4-3-5-19(17)20)27-15-28(25(21)30)22-9-10-31-14-23(22)29/h2*3-8,12-13,15,22-23,29H,2,9-11,14H2,1H3;2-8,12-13,15,22-23,29H,1,9-11,14H2/t3*22-,23-/m000/s1. The Morgan fingerprint density at radius 1 is 0.430 bits per heavy atom. The van der Waals surface area contributed by atoms with Crippen LogP contribution in [0.4, 0.5) is 0 Å². The number of pyridine rings is 3. The molecule has 3 aliphatic heterocycles. The van der Waals surface area contributed by atoms with E-state index in [1.54, 1.807) is 38.8 Å². The van der Waals surface area contributed by atoms with E-state index in [9.17, 15) is 29.7 Å². The van der Waals surface area contributed by atoms with E-state index in [2.05, 4.69) is 92.8 Å². The van der Waals surface area contributed by atoms with E-state index >= 15 is 0 Å². The lowest BCUT2D eigenvalue weighted by Gasteiger charge is -2.29. The SMILES string of the molecule is C=Cc1ccc(Cc2cc3c(=O)n([C@H]4CCOC[C@@H]4O)cnc3c3ccccc23)cn1.CCc1ccc(Cc2cc3c(=O)n([C@H]4CCOC[C@@H]4O)cnc3c3ccccc23)cn1.CCc1ccc(Cc2cc3c(=O)n([C@H]4CCOC[C@@H]4O)cnc3c3ccccc23)cn1. The number of nitrogens with zero attached hydrogens (tertiary/aromatic N) is 9. The highest BCUT2D eigenvalue weighted by Crippen LogP contribution is 2.33. The maximum absolute atomic E-state index is 13.5. The van der Waals surface area contributed by atoms with Crippen molar-refractivity contribution in [3.63, 3.8) is 0 Å². The van der Waals surface area contributed by atoms with Crippen molar-refractivity contribution >= 4 is 71.1 Å². The first-order valence-electron chi connectivity index (χ1n) is 31.9. The second-order valence-corrected chi connectivity index (χ2v) is 24.1. The summed E-state index contributed by atoms with van der Waals surface area (Å²) in [5.41, 5.74) is 11.1. The molecule has 3 aliphatic rings. The highest BCUT2D eigenvalue weighted by Gasteiger charge is 2.30. The third-order valence-corrected chi connectivity index (χ3v) is 18.3. The smallest absolute Gasteiger partial charge is 0.261 e. The van der Waals surface area contributed by atoms with Crippen molar-refractivity contribution in [1.82, 2.24) is 43.6 Å². The van der Waals surface area contributed by atoms with Gasteiger partial charge in [-0.25, -0.2) is 15.0 Å². The third kappa shape index (κ3) is 12.9. The van der Waals surface area contributed by atoms with Gasteiger partial charge in [0.05, 0.1) is 114 Å². The molecule has 0 aliphatic carbocycles. The van der Waals surface area contributed by atoms with Gasteiger partial charge in [-0.05, 0) is 143 Å². The van der Waals surface area contributed by atoms with Crippen LogP contribution in [0.3, 0.4) is 0 Å². The first-order valence-corrected chi connectivity index (χ1v) is 31.9. The van der Waals surface area contributed by atoms with Gasteiger partial charge in [0, 0.05) is 66.0 Å². The fourth-order valence-electron chi connectivity index (χ4n) is 13.3. The number of fused-ring (bicyclic) bond motifs is 9. The van der Waals surface area contributed by atoms with Gasteiger partial charge >= 0.3 is 0 Å². The van der Waals surface area contributed by atoms with Gasteiger partial charge in [0.2, 0.25) is 0 Å². The number of aryl methyl sites for hydroxylation is 2. The number of aliphatic hydroxyl groups excluding tert-OH is 3. The first kappa shape index (κ1) is 62.3. The quantitative estimate of drug-likeness (QED) is 0.0966. The summed E-state index contributed by atoms with van der Waals surface area (Å²) in [5, 5.41) is 38.9. The zero-order valence-electron chi connectivity index (χ0n) is 52.1. The Hall–Kier alpha value is -9.53. The largest absolute Gasteiger partial charge is 0.389 e. The van der Waals surface area contributed by atoms with Gasteiger partial charge in [-0.15, -0.1) is 0 Å². The van der Waals surface area contributed by atoms with E-state index in [-0.39, 0.29) is 54.6 Å². The van der Waals surface area contributed by atoms with Crippen LogP contribution in [0.1, 0.15) is 102 Å². The first-order chi connectivity index (χ1) is 45.5. The average Bonchev–Trinajstić information content (AvgIpc) is 0.787. The monoisotopic (exact) mass is 1240 g/mol. The fraction of sp³-hybridized carbons (Fsp3) is 0.293. The van der Waals surface area contributed by atoms with Crippen molar-refractivity contribution in [2.24, 2.45) is 0 Å². The van der Waals surface area contributed by atoms with E-state index in [0.717, 1.165) is 95.6 Å². The van der Waals surface area contributed by atoms with Crippen LogP contribution in [0.2, 0.25) is 0 Å². The molecule has 15 rings (SSSR count). The van der Waals surface area contributed by atoms with Crippen molar-refractivity contribution in [2.75, 3.05) is 39.6 Å². The van der Waals surface area contributed by atoms with Gasteiger partial charge < -0.3 is 29.5 Å².